The SMILES string of the molecule is COCCOCCCNS(=O)(=O)c1cccc(F)c1C#N. The number of nitrogens with one attached hydrogen (secondary N) is 1. The number of hydrogen-bond donors (Lipinski definition) is 1. The zero-order valence-corrected chi connectivity index (χ0v) is 12.5. The van der Waals surface area contributed by atoms with Crippen molar-refractivity contribution < 1.29 is 22.3 Å². The molecule has 8 heteroatoms. The smallest absolute Gasteiger partial charge is 0.241 e. The highest BCUT2D eigenvalue weighted by molar-refractivity contribution is 7.89. The van der Waals surface area contributed by atoms with E-state index >= 15 is 0 Å². The van der Waals surface area contributed by atoms with Crippen molar-refractivity contribution in [3.8, 4) is 6.07 Å². The molecule has 6 nitrogen and oxygen atoms in total. The highest BCUT2D eigenvalue weighted by Crippen LogP contribution is 2.17. The number of nitriles is 1. The van der Waals surface area contributed by atoms with E-state index < -0.39 is 21.4 Å². The van der Waals surface area contributed by atoms with E-state index in [0.717, 1.165) is 6.07 Å². The second-order valence-corrected chi connectivity index (χ2v) is 5.82. The standard InChI is InChI=1S/C13H17FN2O4S/c1-19-8-9-20-7-3-6-16-21(17,18)13-5-2-4-12(14)11(13)10-15/h2,4-5,16H,3,6-9H2,1H3. The number of nitrogens with zero attached hydrogens (tertiary/aromatic N) is 1. The molecule has 0 amide bonds. The Kier molecular flexibility index (Phi) is 7.25. The largest absolute Gasteiger partial charge is 0.382 e. The van der Waals surface area contributed by atoms with E-state index in [1.807, 2.05) is 0 Å². The van der Waals surface area contributed by atoms with Gasteiger partial charge < -0.3 is 9.47 Å². The molecule has 0 saturated carbocycles. The third kappa shape index (κ3) is 5.40. The first-order valence-corrected chi connectivity index (χ1v) is 7.76. The molecule has 0 bridgehead atoms. The number of halogens is 1. The summed E-state index contributed by atoms with van der Waals surface area (Å²) in [5.74, 6) is -0.858. The van der Waals surface area contributed by atoms with Crippen molar-refractivity contribution in [2.45, 2.75) is 11.3 Å². The minimum absolute atomic E-state index is 0.136. The van der Waals surface area contributed by atoms with Crippen molar-refractivity contribution in [2.24, 2.45) is 0 Å². The van der Waals surface area contributed by atoms with Gasteiger partial charge in [-0.2, -0.15) is 5.26 Å². The molecule has 0 fully saturated rings. The molecule has 0 saturated heterocycles. The Morgan fingerprint density at radius 3 is 2.76 bits per heavy atom. The molecule has 0 atom stereocenters. The quantitative estimate of drug-likeness (QED) is 0.687. The van der Waals surface area contributed by atoms with E-state index in [1.54, 1.807) is 13.2 Å². The Balaban J connectivity index is 2.55. The van der Waals surface area contributed by atoms with Crippen LogP contribution in [0, 0.1) is 17.1 Å². The summed E-state index contributed by atoms with van der Waals surface area (Å²) >= 11 is 0. The highest BCUT2D eigenvalue weighted by Gasteiger charge is 2.20. The van der Waals surface area contributed by atoms with Gasteiger partial charge in [-0.3, -0.25) is 0 Å². The monoisotopic (exact) mass is 316 g/mol. The molecule has 0 heterocycles. The molecule has 1 rings (SSSR count). The molecular weight excluding hydrogens is 299 g/mol. The van der Waals surface area contributed by atoms with Crippen molar-refractivity contribution in [3.05, 3.63) is 29.6 Å². The van der Waals surface area contributed by atoms with E-state index in [1.165, 1.54) is 12.1 Å². The second-order valence-electron chi connectivity index (χ2n) is 4.08. The average Bonchev–Trinajstić information content (AvgIpc) is 2.46. The van der Waals surface area contributed by atoms with E-state index in [9.17, 15) is 12.8 Å². The molecule has 0 radical (unpaired) electrons. The molecule has 0 spiro atoms. The summed E-state index contributed by atoms with van der Waals surface area (Å²) in [5, 5.41) is 8.84. The molecule has 21 heavy (non-hydrogen) atoms. The fraction of sp³-hybridized carbons (Fsp3) is 0.462. The summed E-state index contributed by atoms with van der Waals surface area (Å²) in [6.45, 7) is 1.42. The fourth-order valence-corrected chi connectivity index (χ4v) is 2.78. The zero-order chi connectivity index (χ0) is 15.7. The Labute approximate surface area is 123 Å². The van der Waals surface area contributed by atoms with Crippen molar-refractivity contribution in [3.63, 3.8) is 0 Å². The zero-order valence-electron chi connectivity index (χ0n) is 11.6. The lowest BCUT2D eigenvalue weighted by atomic mass is 10.2. The van der Waals surface area contributed by atoms with Gasteiger partial charge in [0.1, 0.15) is 22.3 Å². The van der Waals surface area contributed by atoms with Gasteiger partial charge in [-0.15, -0.1) is 0 Å². The first-order chi connectivity index (χ1) is 10.0. The molecule has 1 aromatic carbocycles. The molecule has 0 aliphatic heterocycles. The second kappa shape index (κ2) is 8.69. The van der Waals surface area contributed by atoms with Crippen LogP contribution < -0.4 is 4.72 Å². The number of sulfonamides is 1. The average molecular weight is 316 g/mol. The fourth-order valence-electron chi connectivity index (χ4n) is 1.54. The lowest BCUT2D eigenvalue weighted by Crippen LogP contribution is -2.26. The number of hydrogen-bond acceptors (Lipinski definition) is 5. The predicted octanol–water partition coefficient (Wildman–Crippen LogP) is 1.03. The maximum atomic E-state index is 13.4. The van der Waals surface area contributed by atoms with Gasteiger partial charge in [0.15, 0.2) is 0 Å². The van der Waals surface area contributed by atoms with Crippen LogP contribution in [0.25, 0.3) is 0 Å². The summed E-state index contributed by atoms with van der Waals surface area (Å²) < 4.78 is 49.7. The molecule has 1 aromatic rings. The van der Waals surface area contributed by atoms with Crippen LogP contribution in [0.5, 0.6) is 0 Å². The van der Waals surface area contributed by atoms with Crippen LogP contribution in [0.15, 0.2) is 23.1 Å². The van der Waals surface area contributed by atoms with E-state index in [-0.39, 0.29) is 11.4 Å². The molecule has 1 N–H and O–H groups in total. The normalized spacial score (nSPS) is 11.3. The van der Waals surface area contributed by atoms with Gasteiger partial charge in [-0.1, -0.05) is 6.07 Å². The maximum Gasteiger partial charge on any atom is 0.241 e. The third-order valence-corrected chi connectivity index (χ3v) is 4.07. The van der Waals surface area contributed by atoms with Gasteiger partial charge >= 0.3 is 0 Å². The lowest BCUT2D eigenvalue weighted by molar-refractivity contribution is 0.0699. The molecule has 0 aliphatic rings. The van der Waals surface area contributed by atoms with Crippen LogP contribution >= 0.6 is 0 Å². The van der Waals surface area contributed by atoms with Crippen LogP contribution in [0.4, 0.5) is 4.39 Å². The first kappa shape index (κ1) is 17.5. The summed E-state index contributed by atoms with van der Waals surface area (Å²) in [5.41, 5.74) is -0.485. The van der Waals surface area contributed by atoms with Crippen molar-refractivity contribution in [2.75, 3.05) is 33.5 Å². The number of methoxy groups -OCH3 is 1. The van der Waals surface area contributed by atoms with E-state index in [0.29, 0.717) is 26.2 Å². The molecular formula is C13H17FN2O4S. The van der Waals surface area contributed by atoms with Crippen LogP contribution in [-0.4, -0.2) is 41.9 Å². The number of rotatable bonds is 9. The summed E-state index contributed by atoms with van der Waals surface area (Å²) in [7, 11) is -2.36. The first-order valence-electron chi connectivity index (χ1n) is 6.28. The highest BCUT2D eigenvalue weighted by atomic mass is 32.2. The van der Waals surface area contributed by atoms with Crippen LogP contribution in [-0.2, 0) is 19.5 Å². The van der Waals surface area contributed by atoms with Gasteiger partial charge in [0.25, 0.3) is 0 Å². The number of ether oxygens (including phenoxy) is 2. The Morgan fingerprint density at radius 2 is 2.10 bits per heavy atom. The minimum Gasteiger partial charge on any atom is -0.382 e. The van der Waals surface area contributed by atoms with Gasteiger partial charge in [0.2, 0.25) is 10.0 Å². The third-order valence-electron chi connectivity index (χ3n) is 2.57. The van der Waals surface area contributed by atoms with Gasteiger partial charge in [-0.25, -0.2) is 17.5 Å². The summed E-state index contributed by atoms with van der Waals surface area (Å²) in [6, 6.07) is 5.05. The van der Waals surface area contributed by atoms with Crippen LogP contribution in [0.1, 0.15) is 12.0 Å². The van der Waals surface area contributed by atoms with Gasteiger partial charge in [-0.05, 0) is 18.6 Å². The van der Waals surface area contributed by atoms with Crippen LogP contribution in [0.2, 0.25) is 0 Å². The van der Waals surface area contributed by atoms with Crippen molar-refractivity contribution in [1.82, 2.24) is 4.72 Å². The van der Waals surface area contributed by atoms with Crippen molar-refractivity contribution in [1.29, 1.82) is 5.26 Å². The molecule has 0 aromatic heterocycles. The Hall–Kier alpha value is -1.53. The summed E-state index contributed by atoms with van der Waals surface area (Å²) in [4.78, 5) is -0.356. The molecule has 0 aliphatic carbocycles. The topological polar surface area (TPSA) is 88.4 Å². The van der Waals surface area contributed by atoms with Crippen LogP contribution in [0.3, 0.4) is 0 Å². The number of benzene rings is 1. The minimum atomic E-state index is -3.92. The summed E-state index contributed by atoms with van der Waals surface area (Å²) in [6.07, 6.45) is 0.458. The molecule has 0 unspecified atom stereocenters. The molecule has 116 valence electrons. The van der Waals surface area contributed by atoms with Gasteiger partial charge in [0.05, 0.1) is 13.2 Å². The van der Waals surface area contributed by atoms with Crippen molar-refractivity contribution >= 4 is 10.0 Å². The predicted molar refractivity (Wildman–Crippen MR) is 73.6 cm³/mol. The Morgan fingerprint density at radius 1 is 1.33 bits per heavy atom. The lowest BCUT2D eigenvalue weighted by Gasteiger charge is -2.08. The maximum absolute atomic E-state index is 13.4. The van der Waals surface area contributed by atoms with E-state index in [2.05, 4.69) is 4.72 Å². The van der Waals surface area contributed by atoms with E-state index in [4.69, 9.17) is 14.7 Å². The van der Waals surface area contributed by atoms with Gasteiger partial charge in [0, 0.05) is 20.3 Å². The Bertz CT molecular complexity index is 599.